The summed E-state index contributed by atoms with van der Waals surface area (Å²) >= 11 is 0. The van der Waals surface area contributed by atoms with Crippen LogP contribution in [-0.4, -0.2) is 17.0 Å². The molecule has 0 saturated carbocycles. The van der Waals surface area contributed by atoms with Gasteiger partial charge in [-0.15, -0.1) is 0 Å². The molecule has 0 atom stereocenters. The van der Waals surface area contributed by atoms with Crippen molar-refractivity contribution in [1.82, 2.24) is 9.97 Å². The Hall–Kier alpha value is -0.432. The molecule has 0 radical (unpaired) electrons. The van der Waals surface area contributed by atoms with Gasteiger partial charge in [0.15, 0.2) is 0 Å². The summed E-state index contributed by atoms with van der Waals surface area (Å²) in [5.41, 5.74) is 2.91. The molecule has 0 aliphatic rings. The zero-order valence-electron chi connectivity index (χ0n) is 6.80. The Bertz CT molecular complexity index is 290. The van der Waals surface area contributed by atoms with Gasteiger partial charge in [0.05, 0.1) is 0 Å². The van der Waals surface area contributed by atoms with Crippen LogP contribution in [0.1, 0.15) is 11.3 Å². The van der Waals surface area contributed by atoms with Crippen LogP contribution in [0.25, 0.3) is 0 Å². The molecule has 1 N–H and O–H groups in total. The van der Waals surface area contributed by atoms with E-state index < -0.39 is 0 Å². The summed E-state index contributed by atoms with van der Waals surface area (Å²) in [6.07, 6.45) is 2.65. The standard InChI is InChI=1S/C7H10N3.W/c1-5-6(2)9-4-10-7(5)8-3;/h1-3H3,(H,8,9,10);/q-1;. The van der Waals surface area contributed by atoms with E-state index in [2.05, 4.69) is 21.3 Å². The van der Waals surface area contributed by atoms with Crippen LogP contribution in [-0.2, 0) is 21.1 Å². The number of nitrogens with one attached hydrogen (secondary N) is 1. The Kier molecular flexibility index (Phi) is 4.27. The van der Waals surface area contributed by atoms with Gasteiger partial charge < -0.3 is 15.0 Å². The molecule has 0 spiro atoms. The van der Waals surface area contributed by atoms with Crippen molar-refractivity contribution >= 4 is 0 Å². The Morgan fingerprint density at radius 1 is 1.45 bits per heavy atom. The van der Waals surface area contributed by atoms with Crippen LogP contribution in [0, 0.1) is 20.2 Å². The number of aromatic amines is 1. The number of rotatable bonds is 0. The number of H-pyrrole nitrogens is 1. The molecule has 0 saturated heterocycles. The maximum atomic E-state index is 3.97. The first kappa shape index (κ1) is 10.6. The van der Waals surface area contributed by atoms with Crippen molar-refractivity contribution in [3.8, 4) is 0 Å². The molecule has 0 unspecified atom stereocenters. The van der Waals surface area contributed by atoms with E-state index in [-0.39, 0.29) is 21.1 Å². The van der Waals surface area contributed by atoms with Gasteiger partial charge in [0.2, 0.25) is 0 Å². The first-order chi connectivity index (χ1) is 4.75. The summed E-state index contributed by atoms with van der Waals surface area (Å²) in [6.45, 7) is 3.96. The normalized spacial score (nSPS) is 11.0. The first-order valence-electron chi connectivity index (χ1n) is 3.12. The van der Waals surface area contributed by atoms with E-state index in [1.54, 1.807) is 7.05 Å². The molecule has 0 bridgehead atoms. The van der Waals surface area contributed by atoms with Crippen LogP contribution in [0.4, 0.5) is 0 Å². The third kappa shape index (κ3) is 2.26. The fraction of sp³-hybridized carbons (Fsp3) is 0.429. The number of hydrogen-bond acceptors (Lipinski definition) is 2. The summed E-state index contributed by atoms with van der Waals surface area (Å²) in [5, 5.41) is 0. The van der Waals surface area contributed by atoms with Crippen molar-refractivity contribution in [2.45, 2.75) is 13.8 Å². The molecule has 0 aromatic carbocycles. The minimum atomic E-state index is 0. The zero-order chi connectivity index (χ0) is 7.56. The summed E-state index contributed by atoms with van der Waals surface area (Å²) < 4.78 is 0. The molecule has 1 aromatic heterocycles. The summed E-state index contributed by atoms with van der Waals surface area (Å²) in [7, 11) is 1.72. The monoisotopic (exact) mass is 320 g/mol. The molecule has 0 fully saturated rings. The van der Waals surface area contributed by atoms with Crippen LogP contribution in [0.15, 0.2) is 4.99 Å². The van der Waals surface area contributed by atoms with Gasteiger partial charge >= 0.3 is 0 Å². The molecule has 11 heavy (non-hydrogen) atoms. The zero-order valence-corrected chi connectivity index (χ0v) is 9.74. The van der Waals surface area contributed by atoms with Crippen LogP contribution in [0.5, 0.6) is 0 Å². The number of hydrogen-bond donors (Lipinski definition) is 1. The van der Waals surface area contributed by atoms with Crippen LogP contribution in [0.3, 0.4) is 0 Å². The number of aryl methyl sites for hydroxylation is 1. The topological polar surface area (TPSA) is 41.0 Å². The molecule has 60 valence electrons. The second-order valence-electron chi connectivity index (χ2n) is 2.15. The maximum Gasteiger partial charge on any atom is 0.0382 e. The molecule has 0 amide bonds. The summed E-state index contributed by atoms with van der Waals surface area (Å²) in [5.74, 6) is 0. The van der Waals surface area contributed by atoms with Crippen LogP contribution < -0.4 is 5.49 Å². The van der Waals surface area contributed by atoms with Gasteiger partial charge in [-0.3, -0.25) is 0 Å². The Balaban J connectivity index is 0.000001000. The van der Waals surface area contributed by atoms with Crippen LogP contribution in [0.2, 0.25) is 0 Å². The molecular weight excluding hydrogens is 310 g/mol. The van der Waals surface area contributed by atoms with E-state index in [0.29, 0.717) is 0 Å². The Labute approximate surface area is 80.2 Å². The third-order valence-electron chi connectivity index (χ3n) is 1.51. The second kappa shape index (κ2) is 4.45. The van der Waals surface area contributed by atoms with Gasteiger partial charge in [-0.05, 0) is 0 Å². The van der Waals surface area contributed by atoms with Gasteiger partial charge in [-0.25, -0.2) is 0 Å². The first-order valence-corrected chi connectivity index (χ1v) is 3.12. The predicted octanol–water partition coefficient (Wildman–Crippen LogP) is 0.355. The molecule has 0 aliphatic heterocycles. The van der Waals surface area contributed by atoms with E-state index >= 15 is 0 Å². The minimum Gasteiger partial charge on any atom is -0.456 e. The smallest absolute Gasteiger partial charge is 0.0382 e. The van der Waals surface area contributed by atoms with Gasteiger partial charge in [0, 0.05) is 39.9 Å². The molecule has 0 aliphatic carbocycles. The quantitative estimate of drug-likeness (QED) is 0.689. The van der Waals surface area contributed by atoms with E-state index in [0.717, 1.165) is 16.7 Å². The fourth-order valence-corrected chi connectivity index (χ4v) is 0.728. The second-order valence-corrected chi connectivity index (χ2v) is 2.15. The minimum absolute atomic E-state index is 0. The third-order valence-corrected chi connectivity index (χ3v) is 1.51. The average Bonchev–Trinajstić information content (AvgIpc) is 1.95. The average molecular weight is 320 g/mol. The molecule has 1 aromatic rings. The van der Waals surface area contributed by atoms with E-state index in [1.165, 1.54) is 0 Å². The van der Waals surface area contributed by atoms with E-state index in [9.17, 15) is 0 Å². The van der Waals surface area contributed by atoms with Gasteiger partial charge in [0.25, 0.3) is 0 Å². The molecule has 1 heterocycles. The molecule has 4 heteroatoms. The van der Waals surface area contributed by atoms with Crippen molar-refractivity contribution in [2.24, 2.45) is 4.99 Å². The SMILES string of the molecule is CN=c1n[c-][nH]c(C)c1C.[W]. The van der Waals surface area contributed by atoms with E-state index in [1.807, 2.05) is 13.8 Å². The predicted molar refractivity (Wildman–Crippen MR) is 38.4 cm³/mol. The summed E-state index contributed by atoms with van der Waals surface area (Å²) in [4.78, 5) is 10.8. The van der Waals surface area contributed by atoms with Crippen molar-refractivity contribution < 1.29 is 21.1 Å². The Morgan fingerprint density at radius 2 is 2.09 bits per heavy atom. The van der Waals surface area contributed by atoms with Gasteiger partial charge in [-0.1, -0.05) is 25.1 Å². The van der Waals surface area contributed by atoms with Gasteiger partial charge in [-0.2, -0.15) is 0 Å². The van der Waals surface area contributed by atoms with Gasteiger partial charge in [0.1, 0.15) is 0 Å². The summed E-state index contributed by atoms with van der Waals surface area (Å²) in [6, 6.07) is 0. The van der Waals surface area contributed by atoms with Crippen molar-refractivity contribution in [2.75, 3.05) is 7.05 Å². The van der Waals surface area contributed by atoms with Crippen LogP contribution >= 0.6 is 0 Å². The molecular formula is C7H10N3W-. The molecule has 3 nitrogen and oxygen atoms in total. The maximum absolute atomic E-state index is 3.97. The number of nitrogens with zero attached hydrogens (tertiary/aromatic N) is 2. The van der Waals surface area contributed by atoms with E-state index in [4.69, 9.17) is 0 Å². The molecule has 1 rings (SSSR count). The Morgan fingerprint density at radius 3 is 2.55 bits per heavy atom. The van der Waals surface area contributed by atoms with Crippen molar-refractivity contribution in [3.05, 3.63) is 23.1 Å². The van der Waals surface area contributed by atoms with Crippen molar-refractivity contribution in [1.29, 1.82) is 0 Å². The van der Waals surface area contributed by atoms with Crippen molar-refractivity contribution in [3.63, 3.8) is 0 Å². The fourth-order valence-electron chi connectivity index (χ4n) is 0.728. The number of aromatic nitrogens is 2. The largest absolute Gasteiger partial charge is 0.456 e.